The minimum atomic E-state index is 0.765. The summed E-state index contributed by atoms with van der Waals surface area (Å²) in [5.74, 6) is 0. The fourth-order valence-corrected chi connectivity index (χ4v) is 1.95. The first-order valence-electron chi connectivity index (χ1n) is 4.36. The predicted molar refractivity (Wildman–Crippen MR) is 63.6 cm³/mol. The number of nitrogens with one attached hydrogen (secondary N) is 1. The molecule has 2 rings (SSSR count). The molecule has 4 heteroatoms. The average molecular weight is 274 g/mol. The number of rotatable bonds is 1. The molecule has 0 unspecified atom stereocenters. The van der Waals surface area contributed by atoms with E-state index >= 15 is 0 Å². The van der Waals surface area contributed by atoms with E-state index in [4.69, 9.17) is 11.6 Å². The van der Waals surface area contributed by atoms with Crippen molar-refractivity contribution in [2.24, 2.45) is 0 Å². The van der Waals surface area contributed by atoms with Crippen molar-refractivity contribution in [1.82, 2.24) is 5.32 Å². The van der Waals surface area contributed by atoms with E-state index in [-0.39, 0.29) is 0 Å². The molecule has 2 nitrogen and oxygen atoms in total. The van der Waals surface area contributed by atoms with E-state index in [2.05, 4.69) is 32.2 Å². The lowest BCUT2D eigenvalue weighted by Crippen LogP contribution is -2.34. The molecule has 0 spiro atoms. The van der Waals surface area contributed by atoms with Crippen LogP contribution in [0.15, 0.2) is 34.9 Å². The number of halogens is 2. The maximum atomic E-state index is 6.11. The first-order chi connectivity index (χ1) is 6.77. The highest BCUT2D eigenvalue weighted by Crippen LogP contribution is 2.29. The Hall–Kier alpha value is -0.510. The number of hydrogen-bond acceptors (Lipinski definition) is 2. The summed E-state index contributed by atoms with van der Waals surface area (Å²) in [6.45, 7) is 1.72. The van der Waals surface area contributed by atoms with E-state index in [1.54, 1.807) is 0 Å². The lowest BCUT2D eigenvalue weighted by Gasteiger charge is -2.25. The molecule has 1 N–H and O–H groups in total. The van der Waals surface area contributed by atoms with Crippen molar-refractivity contribution in [2.75, 3.05) is 18.1 Å². The molecule has 1 aliphatic heterocycles. The van der Waals surface area contributed by atoms with Crippen molar-refractivity contribution < 1.29 is 0 Å². The van der Waals surface area contributed by atoms with Crippen LogP contribution in [-0.2, 0) is 0 Å². The monoisotopic (exact) mass is 272 g/mol. The second-order valence-electron chi connectivity index (χ2n) is 3.06. The first-order valence-corrected chi connectivity index (χ1v) is 5.53. The molecule has 0 amide bonds. The van der Waals surface area contributed by atoms with E-state index in [1.807, 2.05) is 24.4 Å². The van der Waals surface area contributed by atoms with Crippen molar-refractivity contribution in [1.29, 1.82) is 0 Å². The van der Waals surface area contributed by atoms with Crippen molar-refractivity contribution in [3.8, 4) is 0 Å². The van der Waals surface area contributed by atoms with Crippen LogP contribution in [0.4, 0.5) is 5.69 Å². The molecule has 1 heterocycles. The number of benzene rings is 1. The van der Waals surface area contributed by atoms with Gasteiger partial charge in [-0.3, -0.25) is 5.32 Å². The summed E-state index contributed by atoms with van der Waals surface area (Å²) in [4.78, 5) is 2.08. The molecule has 0 saturated heterocycles. The minimum absolute atomic E-state index is 0.765. The van der Waals surface area contributed by atoms with Gasteiger partial charge in [0.25, 0.3) is 0 Å². The highest BCUT2D eigenvalue weighted by atomic mass is 79.9. The molecular formula is C10H10BrClN2. The first kappa shape index (κ1) is 10.0. The van der Waals surface area contributed by atoms with Gasteiger partial charge in [0.05, 0.1) is 17.4 Å². The Balaban J connectivity index is 2.34. The molecule has 14 heavy (non-hydrogen) atoms. The molecule has 0 aliphatic carbocycles. The van der Waals surface area contributed by atoms with Gasteiger partial charge in [0, 0.05) is 17.2 Å². The molecule has 0 saturated carbocycles. The van der Waals surface area contributed by atoms with E-state index in [0.717, 1.165) is 28.4 Å². The van der Waals surface area contributed by atoms with Gasteiger partial charge in [0.15, 0.2) is 0 Å². The zero-order valence-electron chi connectivity index (χ0n) is 7.50. The van der Waals surface area contributed by atoms with Crippen molar-refractivity contribution in [3.05, 3.63) is 40.0 Å². The van der Waals surface area contributed by atoms with Crippen LogP contribution in [0, 0.1) is 0 Å². The standard InChI is InChI=1S/C10H10BrClN2/c11-8-2-3-9(12)10(6-8)14-5-1-4-13-7-14/h1-3,5-6,13H,4,7H2. The fraction of sp³-hybridized carbons (Fsp3) is 0.200. The van der Waals surface area contributed by atoms with Gasteiger partial charge in [0.2, 0.25) is 0 Å². The Labute approximate surface area is 96.7 Å². The van der Waals surface area contributed by atoms with Gasteiger partial charge < -0.3 is 4.90 Å². The van der Waals surface area contributed by atoms with Crippen LogP contribution in [-0.4, -0.2) is 13.2 Å². The van der Waals surface area contributed by atoms with Gasteiger partial charge in [-0.1, -0.05) is 33.6 Å². The van der Waals surface area contributed by atoms with Crippen LogP contribution in [0.3, 0.4) is 0 Å². The maximum Gasteiger partial charge on any atom is 0.0728 e. The van der Waals surface area contributed by atoms with Crippen molar-refractivity contribution in [2.45, 2.75) is 0 Å². The Bertz CT molecular complexity index is 365. The van der Waals surface area contributed by atoms with Crippen LogP contribution in [0.1, 0.15) is 0 Å². The molecular weight excluding hydrogens is 263 g/mol. The van der Waals surface area contributed by atoms with Crippen LogP contribution in [0.5, 0.6) is 0 Å². The third-order valence-corrected chi connectivity index (χ3v) is 2.86. The number of anilines is 1. The summed E-state index contributed by atoms with van der Waals surface area (Å²) in [7, 11) is 0. The lowest BCUT2D eigenvalue weighted by molar-refractivity contribution is 0.722. The highest BCUT2D eigenvalue weighted by molar-refractivity contribution is 9.10. The normalized spacial score (nSPS) is 16.0. The molecule has 74 valence electrons. The molecule has 0 radical (unpaired) electrons. The summed E-state index contributed by atoms with van der Waals surface area (Å²) in [5, 5.41) is 4.01. The van der Waals surface area contributed by atoms with Crippen LogP contribution in [0.2, 0.25) is 5.02 Å². The number of hydrogen-bond donors (Lipinski definition) is 1. The average Bonchev–Trinajstić information content (AvgIpc) is 2.23. The molecule has 1 aliphatic rings. The van der Waals surface area contributed by atoms with Gasteiger partial charge >= 0.3 is 0 Å². The zero-order chi connectivity index (χ0) is 9.97. The highest BCUT2D eigenvalue weighted by Gasteiger charge is 2.09. The molecule has 1 aromatic carbocycles. The maximum absolute atomic E-state index is 6.11. The lowest BCUT2D eigenvalue weighted by atomic mass is 10.3. The van der Waals surface area contributed by atoms with Crippen LogP contribution < -0.4 is 10.2 Å². The molecule has 0 aromatic heterocycles. The molecule has 1 aromatic rings. The van der Waals surface area contributed by atoms with Crippen LogP contribution in [0.25, 0.3) is 0 Å². The summed E-state index contributed by atoms with van der Waals surface area (Å²) in [6, 6.07) is 5.84. The SMILES string of the molecule is Clc1ccc(Br)cc1N1C=CCNC1. The molecule has 0 atom stereocenters. The van der Waals surface area contributed by atoms with Crippen LogP contribution >= 0.6 is 27.5 Å². The molecule has 0 fully saturated rings. The van der Waals surface area contributed by atoms with E-state index < -0.39 is 0 Å². The van der Waals surface area contributed by atoms with Gasteiger partial charge in [0.1, 0.15) is 0 Å². The smallest absolute Gasteiger partial charge is 0.0728 e. The van der Waals surface area contributed by atoms with E-state index in [9.17, 15) is 0 Å². The fourth-order valence-electron chi connectivity index (χ4n) is 1.37. The van der Waals surface area contributed by atoms with Gasteiger partial charge in [-0.15, -0.1) is 0 Å². The predicted octanol–water partition coefficient (Wildman–Crippen LogP) is 2.98. The Morgan fingerprint density at radius 1 is 1.43 bits per heavy atom. The third kappa shape index (κ3) is 2.11. The van der Waals surface area contributed by atoms with Crippen molar-refractivity contribution in [3.63, 3.8) is 0 Å². The Kier molecular flexibility index (Phi) is 3.11. The van der Waals surface area contributed by atoms with Crippen molar-refractivity contribution >= 4 is 33.2 Å². The quantitative estimate of drug-likeness (QED) is 0.846. The summed E-state index contributed by atoms with van der Waals surface area (Å²) < 4.78 is 1.04. The summed E-state index contributed by atoms with van der Waals surface area (Å²) in [5.41, 5.74) is 1.02. The van der Waals surface area contributed by atoms with Gasteiger partial charge in [-0.25, -0.2) is 0 Å². The summed E-state index contributed by atoms with van der Waals surface area (Å²) >= 11 is 9.54. The van der Waals surface area contributed by atoms with E-state index in [1.165, 1.54) is 0 Å². The topological polar surface area (TPSA) is 15.3 Å². The number of nitrogens with zero attached hydrogens (tertiary/aromatic N) is 1. The second-order valence-corrected chi connectivity index (χ2v) is 4.39. The minimum Gasteiger partial charge on any atom is -0.334 e. The van der Waals surface area contributed by atoms with E-state index in [0.29, 0.717) is 0 Å². The zero-order valence-corrected chi connectivity index (χ0v) is 9.85. The largest absolute Gasteiger partial charge is 0.334 e. The Morgan fingerprint density at radius 3 is 3.00 bits per heavy atom. The second kappa shape index (κ2) is 4.34. The Morgan fingerprint density at radius 2 is 2.29 bits per heavy atom. The van der Waals surface area contributed by atoms with Gasteiger partial charge in [-0.05, 0) is 18.2 Å². The summed E-state index contributed by atoms with van der Waals surface area (Å²) in [6.07, 6.45) is 4.12. The van der Waals surface area contributed by atoms with Gasteiger partial charge in [-0.2, -0.15) is 0 Å². The molecule has 0 bridgehead atoms. The third-order valence-electron chi connectivity index (χ3n) is 2.05.